The van der Waals surface area contributed by atoms with E-state index < -0.39 is 12.1 Å². The predicted octanol–water partition coefficient (Wildman–Crippen LogP) is 16.3. The molecule has 0 saturated heterocycles. The number of unbranched alkanes of at least 4 members (excludes halogenated alkanes) is 37. The van der Waals surface area contributed by atoms with Crippen molar-refractivity contribution in [1.82, 2.24) is 5.32 Å². The van der Waals surface area contributed by atoms with Gasteiger partial charge in [0.05, 0.1) is 25.4 Å². The second-order valence-corrected chi connectivity index (χ2v) is 18.6. The van der Waals surface area contributed by atoms with Gasteiger partial charge >= 0.3 is 5.97 Å². The summed E-state index contributed by atoms with van der Waals surface area (Å²) in [5.74, 6) is -0.0741. The van der Waals surface area contributed by atoms with Crippen LogP contribution in [-0.4, -0.2) is 47.4 Å². The summed E-state index contributed by atoms with van der Waals surface area (Å²) >= 11 is 0. The number of rotatable bonds is 50. The van der Waals surface area contributed by atoms with E-state index in [-0.39, 0.29) is 18.5 Å². The SMILES string of the molecule is CCCCCCCCC/C=C/C(O)C(CO)NC(=O)CCCCCCCCC/C=C\CCCCCCCCCCOC(=O)CCCCCCCCCCCCCCCCCC. The maximum absolute atomic E-state index is 12.4. The van der Waals surface area contributed by atoms with Crippen molar-refractivity contribution < 1.29 is 24.5 Å². The average molecular weight is 860 g/mol. The maximum atomic E-state index is 12.4. The fourth-order valence-corrected chi connectivity index (χ4v) is 8.27. The van der Waals surface area contributed by atoms with Crippen LogP contribution in [-0.2, 0) is 14.3 Å². The number of esters is 1. The fourth-order valence-electron chi connectivity index (χ4n) is 8.27. The third-order valence-electron chi connectivity index (χ3n) is 12.5. The van der Waals surface area contributed by atoms with Gasteiger partial charge in [-0.1, -0.05) is 244 Å². The number of aliphatic hydroxyl groups excluding tert-OH is 2. The molecule has 2 unspecified atom stereocenters. The Morgan fingerprint density at radius 1 is 0.443 bits per heavy atom. The quantitative estimate of drug-likeness (QED) is 0.0322. The number of aliphatic hydroxyl groups is 2. The molecule has 0 fully saturated rings. The second kappa shape index (κ2) is 51.0. The zero-order valence-electron chi connectivity index (χ0n) is 40.9. The van der Waals surface area contributed by atoms with Gasteiger partial charge in [0.2, 0.25) is 5.91 Å². The molecule has 0 radical (unpaired) electrons. The van der Waals surface area contributed by atoms with Gasteiger partial charge < -0.3 is 20.3 Å². The highest BCUT2D eigenvalue weighted by Crippen LogP contribution is 2.16. The molecule has 1 amide bonds. The summed E-state index contributed by atoms with van der Waals surface area (Å²) < 4.78 is 5.48. The Morgan fingerprint density at radius 2 is 0.770 bits per heavy atom. The first kappa shape index (κ1) is 59.3. The van der Waals surface area contributed by atoms with Gasteiger partial charge in [-0.25, -0.2) is 0 Å². The van der Waals surface area contributed by atoms with Crippen molar-refractivity contribution in [1.29, 1.82) is 0 Å². The molecule has 0 rings (SSSR count). The molecule has 0 aromatic carbocycles. The summed E-state index contributed by atoms with van der Waals surface area (Å²) in [6.45, 7) is 4.87. The highest BCUT2D eigenvalue weighted by molar-refractivity contribution is 5.76. The molecule has 0 aliphatic rings. The fraction of sp³-hybridized carbons (Fsp3) is 0.891. The number of hydrogen-bond acceptors (Lipinski definition) is 5. The molecular formula is C55H105NO5. The molecule has 61 heavy (non-hydrogen) atoms. The lowest BCUT2D eigenvalue weighted by Gasteiger charge is -2.20. The highest BCUT2D eigenvalue weighted by atomic mass is 16.5. The van der Waals surface area contributed by atoms with E-state index in [1.807, 2.05) is 6.08 Å². The van der Waals surface area contributed by atoms with E-state index in [2.05, 4.69) is 31.3 Å². The van der Waals surface area contributed by atoms with E-state index in [0.717, 1.165) is 44.9 Å². The molecule has 0 spiro atoms. The van der Waals surface area contributed by atoms with Crippen molar-refractivity contribution in [3.05, 3.63) is 24.3 Å². The minimum Gasteiger partial charge on any atom is -0.466 e. The molecule has 6 nitrogen and oxygen atoms in total. The Kier molecular flexibility index (Phi) is 49.6. The van der Waals surface area contributed by atoms with E-state index in [1.54, 1.807) is 6.08 Å². The minimum atomic E-state index is -0.847. The van der Waals surface area contributed by atoms with Crippen LogP contribution in [0.2, 0.25) is 0 Å². The Morgan fingerprint density at radius 3 is 1.16 bits per heavy atom. The predicted molar refractivity (Wildman–Crippen MR) is 264 cm³/mol. The van der Waals surface area contributed by atoms with Crippen LogP contribution in [0.1, 0.15) is 290 Å². The van der Waals surface area contributed by atoms with Crippen molar-refractivity contribution in [2.24, 2.45) is 0 Å². The van der Waals surface area contributed by atoms with Crippen LogP contribution < -0.4 is 5.32 Å². The number of hydrogen-bond donors (Lipinski definition) is 3. The first-order valence-electron chi connectivity index (χ1n) is 27.1. The summed E-state index contributed by atoms with van der Waals surface area (Å²) in [6, 6.07) is -0.632. The molecule has 0 aliphatic heterocycles. The monoisotopic (exact) mass is 860 g/mol. The van der Waals surface area contributed by atoms with E-state index in [9.17, 15) is 19.8 Å². The lowest BCUT2D eigenvalue weighted by atomic mass is 10.0. The number of amides is 1. The Balaban J connectivity index is 3.41. The molecular weight excluding hydrogens is 755 g/mol. The largest absolute Gasteiger partial charge is 0.466 e. The Labute approximate surface area is 380 Å². The molecule has 0 aromatic heterocycles. The molecule has 2 atom stereocenters. The van der Waals surface area contributed by atoms with Crippen LogP contribution in [0, 0.1) is 0 Å². The van der Waals surface area contributed by atoms with Crippen LogP contribution in [0.5, 0.6) is 0 Å². The molecule has 0 aliphatic carbocycles. The second-order valence-electron chi connectivity index (χ2n) is 18.6. The van der Waals surface area contributed by atoms with Gasteiger partial charge in [0.1, 0.15) is 0 Å². The number of nitrogens with one attached hydrogen (secondary N) is 1. The molecule has 0 bridgehead atoms. The summed E-state index contributed by atoms with van der Waals surface area (Å²) in [7, 11) is 0. The molecule has 6 heteroatoms. The number of carbonyl (C=O) groups is 2. The van der Waals surface area contributed by atoms with Gasteiger partial charge in [-0.05, 0) is 57.8 Å². The van der Waals surface area contributed by atoms with Crippen molar-refractivity contribution >= 4 is 11.9 Å². The van der Waals surface area contributed by atoms with Crippen molar-refractivity contribution in [2.45, 2.75) is 302 Å². The van der Waals surface area contributed by atoms with E-state index in [4.69, 9.17) is 4.74 Å². The zero-order chi connectivity index (χ0) is 44.4. The maximum Gasteiger partial charge on any atom is 0.305 e. The summed E-state index contributed by atoms with van der Waals surface area (Å²) in [4.78, 5) is 24.4. The van der Waals surface area contributed by atoms with Crippen LogP contribution in [0.3, 0.4) is 0 Å². The van der Waals surface area contributed by atoms with E-state index in [0.29, 0.717) is 19.4 Å². The highest BCUT2D eigenvalue weighted by Gasteiger charge is 2.18. The standard InChI is InChI=1S/C55H105NO5/c1-3-5-7-9-11-13-14-15-16-23-26-29-33-37-41-45-49-55(60)61-50-46-42-38-34-30-27-24-21-19-17-18-20-22-25-28-32-36-40-44-48-54(59)56-52(51-57)53(58)47-43-39-35-31-12-10-8-6-4-2/h17-18,43,47,52-53,57-58H,3-16,19-42,44-46,48-51H2,1-2H3,(H,56,59)/b18-17-,47-43+. The van der Waals surface area contributed by atoms with Crippen molar-refractivity contribution in [2.75, 3.05) is 13.2 Å². The van der Waals surface area contributed by atoms with Crippen LogP contribution in [0.15, 0.2) is 24.3 Å². The Bertz CT molecular complexity index is 951. The van der Waals surface area contributed by atoms with E-state index >= 15 is 0 Å². The molecule has 0 aromatic rings. The first-order chi connectivity index (χ1) is 30.0. The molecule has 3 N–H and O–H groups in total. The van der Waals surface area contributed by atoms with Gasteiger partial charge in [-0.2, -0.15) is 0 Å². The van der Waals surface area contributed by atoms with Gasteiger partial charge in [-0.15, -0.1) is 0 Å². The molecule has 0 saturated carbocycles. The van der Waals surface area contributed by atoms with Crippen LogP contribution in [0.25, 0.3) is 0 Å². The first-order valence-corrected chi connectivity index (χ1v) is 27.1. The summed E-state index contributed by atoms with van der Waals surface area (Å²) in [6.07, 6.45) is 60.6. The van der Waals surface area contributed by atoms with Gasteiger partial charge in [-0.3, -0.25) is 9.59 Å². The number of allylic oxidation sites excluding steroid dienone is 3. The van der Waals surface area contributed by atoms with Crippen LogP contribution >= 0.6 is 0 Å². The lowest BCUT2D eigenvalue weighted by molar-refractivity contribution is -0.143. The summed E-state index contributed by atoms with van der Waals surface area (Å²) in [5.41, 5.74) is 0. The topological polar surface area (TPSA) is 95.9 Å². The number of carbonyl (C=O) groups excluding carboxylic acids is 2. The third kappa shape index (κ3) is 47.7. The normalized spacial score (nSPS) is 12.8. The Hall–Kier alpha value is -1.66. The van der Waals surface area contributed by atoms with Crippen molar-refractivity contribution in [3.63, 3.8) is 0 Å². The number of ether oxygens (including phenoxy) is 1. The molecule has 0 heterocycles. The minimum absolute atomic E-state index is 0.00619. The third-order valence-corrected chi connectivity index (χ3v) is 12.5. The smallest absolute Gasteiger partial charge is 0.305 e. The summed E-state index contributed by atoms with van der Waals surface area (Å²) in [5, 5.41) is 22.9. The van der Waals surface area contributed by atoms with Gasteiger partial charge in [0.25, 0.3) is 0 Å². The van der Waals surface area contributed by atoms with Crippen molar-refractivity contribution in [3.8, 4) is 0 Å². The van der Waals surface area contributed by atoms with Gasteiger partial charge in [0.15, 0.2) is 0 Å². The average Bonchev–Trinajstić information content (AvgIpc) is 3.26. The zero-order valence-corrected chi connectivity index (χ0v) is 40.9. The molecule has 360 valence electrons. The van der Waals surface area contributed by atoms with Crippen LogP contribution in [0.4, 0.5) is 0 Å². The van der Waals surface area contributed by atoms with E-state index in [1.165, 1.54) is 218 Å². The van der Waals surface area contributed by atoms with Gasteiger partial charge in [0, 0.05) is 12.8 Å². The lowest BCUT2D eigenvalue weighted by Crippen LogP contribution is -2.45.